The molecule has 0 aliphatic rings. The SMILES string of the molecule is O=C(OCc1ccccc1F)c1cc(=O)c2cc(Cl)ccc2o1. The monoisotopic (exact) mass is 332 g/mol. The molecular formula is C17H10ClFO4. The molecule has 0 bridgehead atoms. The molecule has 4 nitrogen and oxygen atoms in total. The van der Waals surface area contributed by atoms with E-state index in [2.05, 4.69) is 0 Å². The Hall–Kier alpha value is -2.66. The molecule has 0 saturated heterocycles. The summed E-state index contributed by atoms with van der Waals surface area (Å²) in [5.74, 6) is -1.57. The summed E-state index contributed by atoms with van der Waals surface area (Å²) in [6, 6.07) is 11.5. The summed E-state index contributed by atoms with van der Waals surface area (Å²) in [5, 5.41) is 0.655. The molecule has 3 aromatic rings. The highest BCUT2D eigenvalue weighted by Crippen LogP contribution is 2.18. The van der Waals surface area contributed by atoms with Crippen LogP contribution in [0.25, 0.3) is 11.0 Å². The van der Waals surface area contributed by atoms with Crippen molar-refractivity contribution in [2.24, 2.45) is 0 Å². The molecule has 0 fully saturated rings. The molecule has 6 heteroatoms. The normalized spacial score (nSPS) is 10.7. The Balaban J connectivity index is 1.85. The van der Waals surface area contributed by atoms with E-state index in [4.69, 9.17) is 20.8 Å². The van der Waals surface area contributed by atoms with Crippen molar-refractivity contribution >= 4 is 28.5 Å². The zero-order valence-corrected chi connectivity index (χ0v) is 12.5. The van der Waals surface area contributed by atoms with Gasteiger partial charge in [-0.1, -0.05) is 29.8 Å². The molecule has 0 saturated carbocycles. The Bertz CT molecular complexity index is 949. The Labute approximate surface area is 135 Å². The van der Waals surface area contributed by atoms with Gasteiger partial charge in [-0.05, 0) is 24.3 Å². The summed E-state index contributed by atoms with van der Waals surface area (Å²) in [4.78, 5) is 24.0. The maximum atomic E-state index is 13.5. The first-order chi connectivity index (χ1) is 11.0. The van der Waals surface area contributed by atoms with Gasteiger partial charge in [-0.15, -0.1) is 0 Å². The van der Waals surface area contributed by atoms with Crippen molar-refractivity contribution < 1.29 is 18.3 Å². The van der Waals surface area contributed by atoms with Crippen LogP contribution in [0.4, 0.5) is 4.39 Å². The molecule has 0 unspecified atom stereocenters. The van der Waals surface area contributed by atoms with E-state index in [0.717, 1.165) is 6.07 Å². The van der Waals surface area contributed by atoms with Gasteiger partial charge in [0.1, 0.15) is 18.0 Å². The van der Waals surface area contributed by atoms with Crippen LogP contribution in [0.3, 0.4) is 0 Å². The molecule has 1 heterocycles. The molecule has 0 aliphatic carbocycles. The van der Waals surface area contributed by atoms with Gasteiger partial charge in [0.15, 0.2) is 5.43 Å². The van der Waals surface area contributed by atoms with E-state index in [1.165, 1.54) is 30.3 Å². The van der Waals surface area contributed by atoms with Gasteiger partial charge < -0.3 is 9.15 Å². The van der Waals surface area contributed by atoms with E-state index in [1.807, 2.05) is 0 Å². The molecule has 3 rings (SSSR count). The second-order valence-electron chi connectivity index (χ2n) is 4.78. The first-order valence-electron chi connectivity index (χ1n) is 6.68. The van der Waals surface area contributed by atoms with Crippen molar-refractivity contribution in [1.29, 1.82) is 0 Å². The third-order valence-corrected chi connectivity index (χ3v) is 3.44. The number of fused-ring (bicyclic) bond motifs is 1. The lowest BCUT2D eigenvalue weighted by Crippen LogP contribution is -2.10. The van der Waals surface area contributed by atoms with E-state index in [9.17, 15) is 14.0 Å². The van der Waals surface area contributed by atoms with E-state index >= 15 is 0 Å². The summed E-state index contributed by atoms with van der Waals surface area (Å²) in [6.45, 7) is -0.256. The zero-order chi connectivity index (χ0) is 16.4. The van der Waals surface area contributed by atoms with E-state index < -0.39 is 17.2 Å². The van der Waals surface area contributed by atoms with Crippen LogP contribution in [0.1, 0.15) is 16.1 Å². The van der Waals surface area contributed by atoms with Crippen LogP contribution in [0, 0.1) is 5.82 Å². The lowest BCUT2D eigenvalue weighted by atomic mass is 10.2. The Morgan fingerprint density at radius 1 is 1.17 bits per heavy atom. The minimum absolute atomic E-state index is 0.222. The third-order valence-electron chi connectivity index (χ3n) is 3.21. The van der Waals surface area contributed by atoms with Crippen LogP contribution < -0.4 is 5.43 Å². The number of benzene rings is 2. The van der Waals surface area contributed by atoms with Gasteiger partial charge in [0.2, 0.25) is 5.76 Å². The molecule has 0 N–H and O–H groups in total. The van der Waals surface area contributed by atoms with Gasteiger partial charge in [-0.3, -0.25) is 4.79 Å². The standard InChI is InChI=1S/C17H10ClFO4/c18-11-5-6-15-12(7-11)14(20)8-16(23-15)17(21)22-9-10-3-1-2-4-13(10)19/h1-8H,9H2. The molecule has 0 aliphatic heterocycles. The van der Waals surface area contributed by atoms with Crippen LogP contribution in [-0.4, -0.2) is 5.97 Å². The van der Waals surface area contributed by atoms with Crippen LogP contribution >= 0.6 is 11.6 Å². The van der Waals surface area contributed by atoms with Crippen LogP contribution in [0.15, 0.2) is 57.7 Å². The van der Waals surface area contributed by atoms with Crippen LogP contribution in [-0.2, 0) is 11.3 Å². The first-order valence-corrected chi connectivity index (χ1v) is 7.06. The van der Waals surface area contributed by atoms with Crippen molar-refractivity contribution in [1.82, 2.24) is 0 Å². The topological polar surface area (TPSA) is 56.5 Å². The number of hydrogen-bond donors (Lipinski definition) is 0. The fourth-order valence-electron chi connectivity index (χ4n) is 2.06. The van der Waals surface area contributed by atoms with Gasteiger partial charge in [0, 0.05) is 16.7 Å². The average molecular weight is 333 g/mol. The smallest absolute Gasteiger partial charge is 0.374 e. The second-order valence-corrected chi connectivity index (χ2v) is 5.22. The van der Waals surface area contributed by atoms with Crippen LogP contribution in [0.2, 0.25) is 5.02 Å². The number of esters is 1. The third kappa shape index (κ3) is 3.24. The average Bonchev–Trinajstić information content (AvgIpc) is 2.54. The predicted octanol–water partition coefficient (Wildman–Crippen LogP) is 3.94. The maximum Gasteiger partial charge on any atom is 0.374 e. The lowest BCUT2D eigenvalue weighted by Gasteiger charge is -2.06. The van der Waals surface area contributed by atoms with Crippen molar-refractivity contribution in [3.63, 3.8) is 0 Å². The molecule has 0 spiro atoms. The molecule has 1 aromatic heterocycles. The Morgan fingerprint density at radius 2 is 1.96 bits per heavy atom. The van der Waals surface area contributed by atoms with Gasteiger partial charge in [0.25, 0.3) is 0 Å². The first kappa shape index (κ1) is 15.2. The fraction of sp³-hybridized carbons (Fsp3) is 0.0588. The number of ether oxygens (including phenoxy) is 1. The number of carbonyl (C=O) groups excluding carboxylic acids is 1. The van der Waals surface area contributed by atoms with Gasteiger partial charge in [-0.25, -0.2) is 9.18 Å². The van der Waals surface area contributed by atoms with Crippen molar-refractivity contribution in [3.05, 3.63) is 80.9 Å². The van der Waals surface area contributed by atoms with Crippen molar-refractivity contribution in [2.45, 2.75) is 6.61 Å². The largest absolute Gasteiger partial charge is 0.455 e. The van der Waals surface area contributed by atoms with Gasteiger partial charge >= 0.3 is 5.97 Å². The summed E-state index contributed by atoms with van der Waals surface area (Å²) in [6.07, 6.45) is 0. The Kier molecular flexibility index (Phi) is 4.12. The van der Waals surface area contributed by atoms with E-state index in [1.54, 1.807) is 12.1 Å². The molecule has 2 aromatic carbocycles. The number of rotatable bonds is 3. The highest BCUT2D eigenvalue weighted by atomic mass is 35.5. The molecular weight excluding hydrogens is 323 g/mol. The Morgan fingerprint density at radius 3 is 2.74 bits per heavy atom. The molecule has 23 heavy (non-hydrogen) atoms. The number of hydrogen-bond acceptors (Lipinski definition) is 4. The predicted molar refractivity (Wildman–Crippen MR) is 83.0 cm³/mol. The lowest BCUT2D eigenvalue weighted by molar-refractivity contribution is 0.0433. The van der Waals surface area contributed by atoms with E-state index in [0.29, 0.717) is 5.02 Å². The molecule has 0 radical (unpaired) electrons. The maximum absolute atomic E-state index is 13.5. The number of halogens is 2. The number of carbonyl (C=O) groups is 1. The zero-order valence-electron chi connectivity index (χ0n) is 11.7. The quantitative estimate of drug-likeness (QED) is 0.682. The minimum Gasteiger partial charge on any atom is -0.455 e. The fourth-order valence-corrected chi connectivity index (χ4v) is 2.23. The summed E-state index contributed by atoms with van der Waals surface area (Å²) < 4.78 is 23.8. The van der Waals surface area contributed by atoms with Crippen molar-refractivity contribution in [3.8, 4) is 0 Å². The molecule has 0 amide bonds. The minimum atomic E-state index is -0.845. The molecule has 116 valence electrons. The summed E-state index contributed by atoms with van der Waals surface area (Å²) in [5.41, 5.74) is 0.0436. The van der Waals surface area contributed by atoms with E-state index in [-0.39, 0.29) is 28.9 Å². The summed E-state index contributed by atoms with van der Waals surface area (Å²) in [7, 11) is 0. The van der Waals surface area contributed by atoms with Crippen LogP contribution in [0.5, 0.6) is 0 Å². The summed E-state index contributed by atoms with van der Waals surface area (Å²) >= 11 is 5.82. The highest BCUT2D eigenvalue weighted by Gasteiger charge is 2.15. The van der Waals surface area contributed by atoms with Crippen molar-refractivity contribution in [2.75, 3.05) is 0 Å². The highest BCUT2D eigenvalue weighted by molar-refractivity contribution is 6.31. The molecule has 0 atom stereocenters. The van der Waals surface area contributed by atoms with Gasteiger partial charge in [-0.2, -0.15) is 0 Å². The second kappa shape index (κ2) is 6.22. The van der Waals surface area contributed by atoms with Gasteiger partial charge in [0.05, 0.1) is 5.39 Å².